The van der Waals surface area contributed by atoms with Gasteiger partial charge in [-0.2, -0.15) is 0 Å². The Morgan fingerprint density at radius 1 is 1.32 bits per heavy atom. The van der Waals surface area contributed by atoms with Crippen molar-refractivity contribution in [1.29, 1.82) is 0 Å². The largest absolute Gasteiger partial charge is 0.508 e. The van der Waals surface area contributed by atoms with Gasteiger partial charge >= 0.3 is 0 Å². The monoisotopic (exact) mass is 283 g/mol. The van der Waals surface area contributed by atoms with Gasteiger partial charge in [-0.25, -0.2) is 0 Å². The molecular formula is C15H22ClNO2. The molecule has 1 aromatic carbocycles. The van der Waals surface area contributed by atoms with Gasteiger partial charge in [0.2, 0.25) is 0 Å². The second kappa shape index (κ2) is 8.05. The summed E-state index contributed by atoms with van der Waals surface area (Å²) >= 11 is 5.98. The van der Waals surface area contributed by atoms with Gasteiger partial charge in [-0.15, -0.1) is 0 Å². The summed E-state index contributed by atoms with van der Waals surface area (Å²) in [6.45, 7) is 4.24. The van der Waals surface area contributed by atoms with E-state index in [1.54, 1.807) is 0 Å². The SMILES string of the molecule is CCCCC(CCC)NC(=O)c1cc(O)ccc1Cl. The number of phenolic OH excluding ortho intramolecular Hbond substituents is 1. The van der Waals surface area contributed by atoms with Gasteiger partial charge in [0.1, 0.15) is 5.75 Å². The Morgan fingerprint density at radius 2 is 2.05 bits per heavy atom. The fraction of sp³-hybridized carbons (Fsp3) is 0.533. The Bertz CT molecular complexity index is 421. The zero-order chi connectivity index (χ0) is 14.3. The number of unbranched alkanes of at least 4 members (excludes halogenated alkanes) is 1. The molecule has 0 spiro atoms. The topological polar surface area (TPSA) is 49.3 Å². The number of nitrogens with one attached hydrogen (secondary N) is 1. The minimum atomic E-state index is -0.213. The number of rotatable bonds is 7. The van der Waals surface area contributed by atoms with Crippen molar-refractivity contribution < 1.29 is 9.90 Å². The van der Waals surface area contributed by atoms with Crippen LogP contribution in [0.4, 0.5) is 0 Å². The van der Waals surface area contributed by atoms with Crippen molar-refractivity contribution in [3.05, 3.63) is 28.8 Å². The highest BCUT2D eigenvalue weighted by atomic mass is 35.5. The average Bonchev–Trinajstić information content (AvgIpc) is 2.39. The predicted octanol–water partition coefficient (Wildman–Crippen LogP) is 4.13. The Labute approximate surface area is 120 Å². The number of aromatic hydroxyl groups is 1. The molecular weight excluding hydrogens is 262 g/mol. The highest BCUT2D eigenvalue weighted by Crippen LogP contribution is 2.21. The highest BCUT2D eigenvalue weighted by molar-refractivity contribution is 6.33. The Balaban J connectivity index is 2.72. The number of carbonyl (C=O) groups excluding carboxylic acids is 1. The van der Waals surface area contributed by atoms with Crippen molar-refractivity contribution in [1.82, 2.24) is 5.32 Å². The molecule has 0 aliphatic rings. The fourth-order valence-electron chi connectivity index (χ4n) is 2.04. The number of phenols is 1. The van der Waals surface area contributed by atoms with Crippen LogP contribution in [0, 0.1) is 0 Å². The lowest BCUT2D eigenvalue weighted by atomic mass is 10.0. The van der Waals surface area contributed by atoms with Gasteiger partial charge in [-0.3, -0.25) is 4.79 Å². The van der Waals surface area contributed by atoms with E-state index >= 15 is 0 Å². The van der Waals surface area contributed by atoms with Gasteiger partial charge in [0.05, 0.1) is 10.6 Å². The van der Waals surface area contributed by atoms with Crippen LogP contribution in [0.15, 0.2) is 18.2 Å². The van der Waals surface area contributed by atoms with Crippen LogP contribution in [-0.4, -0.2) is 17.1 Å². The summed E-state index contributed by atoms with van der Waals surface area (Å²) in [7, 11) is 0. The second-order valence-electron chi connectivity index (χ2n) is 4.77. The molecule has 1 unspecified atom stereocenters. The average molecular weight is 284 g/mol. The second-order valence-corrected chi connectivity index (χ2v) is 5.17. The molecule has 1 amide bonds. The third-order valence-corrected chi connectivity index (χ3v) is 3.40. The quantitative estimate of drug-likeness (QED) is 0.790. The van der Waals surface area contributed by atoms with Crippen LogP contribution in [0.2, 0.25) is 5.02 Å². The molecule has 19 heavy (non-hydrogen) atoms. The summed E-state index contributed by atoms with van der Waals surface area (Å²) in [6, 6.07) is 4.59. The van der Waals surface area contributed by atoms with Crippen LogP contribution in [0.3, 0.4) is 0 Å². The first-order valence-electron chi connectivity index (χ1n) is 6.87. The zero-order valence-corrected chi connectivity index (χ0v) is 12.3. The molecule has 0 fully saturated rings. The summed E-state index contributed by atoms with van der Waals surface area (Å²) in [6.07, 6.45) is 5.18. The first-order valence-corrected chi connectivity index (χ1v) is 7.25. The van der Waals surface area contributed by atoms with Crippen molar-refractivity contribution in [3.63, 3.8) is 0 Å². The van der Waals surface area contributed by atoms with Crippen LogP contribution in [0.1, 0.15) is 56.3 Å². The van der Waals surface area contributed by atoms with E-state index in [4.69, 9.17) is 11.6 Å². The number of hydrogen-bond donors (Lipinski definition) is 2. The minimum Gasteiger partial charge on any atom is -0.508 e. The van der Waals surface area contributed by atoms with E-state index in [1.165, 1.54) is 18.2 Å². The molecule has 2 N–H and O–H groups in total. The summed E-state index contributed by atoms with van der Waals surface area (Å²) in [5.74, 6) is -0.161. The van der Waals surface area contributed by atoms with Crippen LogP contribution >= 0.6 is 11.6 Å². The number of halogens is 1. The van der Waals surface area contributed by atoms with Gasteiger partial charge in [0, 0.05) is 6.04 Å². The number of benzene rings is 1. The number of carbonyl (C=O) groups is 1. The lowest BCUT2D eigenvalue weighted by Crippen LogP contribution is -2.34. The maximum atomic E-state index is 12.2. The lowest BCUT2D eigenvalue weighted by Gasteiger charge is -2.18. The molecule has 0 aliphatic carbocycles. The molecule has 1 rings (SSSR count). The van der Waals surface area contributed by atoms with Crippen molar-refractivity contribution in [2.24, 2.45) is 0 Å². The molecule has 106 valence electrons. The summed E-state index contributed by atoms with van der Waals surface area (Å²) in [5.41, 5.74) is 0.333. The first kappa shape index (κ1) is 15.8. The van der Waals surface area contributed by atoms with Crippen molar-refractivity contribution in [2.75, 3.05) is 0 Å². The molecule has 0 saturated carbocycles. The molecule has 3 nitrogen and oxygen atoms in total. The van der Waals surface area contributed by atoms with Crippen LogP contribution in [0.25, 0.3) is 0 Å². The van der Waals surface area contributed by atoms with Crippen LogP contribution in [-0.2, 0) is 0 Å². The molecule has 0 heterocycles. The predicted molar refractivity (Wildman–Crippen MR) is 78.8 cm³/mol. The van der Waals surface area contributed by atoms with Gasteiger partial charge in [-0.1, -0.05) is 44.7 Å². The maximum absolute atomic E-state index is 12.2. The normalized spacial score (nSPS) is 12.2. The molecule has 0 aliphatic heterocycles. The van der Waals surface area contributed by atoms with Gasteiger partial charge in [-0.05, 0) is 31.0 Å². The van der Waals surface area contributed by atoms with Crippen LogP contribution < -0.4 is 5.32 Å². The van der Waals surface area contributed by atoms with E-state index in [-0.39, 0.29) is 17.7 Å². The minimum absolute atomic E-state index is 0.0511. The fourth-order valence-corrected chi connectivity index (χ4v) is 2.24. The Hall–Kier alpha value is -1.22. The third-order valence-electron chi connectivity index (χ3n) is 3.07. The number of hydrogen-bond acceptors (Lipinski definition) is 2. The summed E-state index contributed by atoms with van der Waals surface area (Å²) in [5, 5.41) is 12.8. The van der Waals surface area contributed by atoms with Gasteiger partial charge in [0.25, 0.3) is 5.91 Å². The van der Waals surface area contributed by atoms with E-state index in [1.807, 2.05) is 0 Å². The highest BCUT2D eigenvalue weighted by Gasteiger charge is 2.15. The van der Waals surface area contributed by atoms with Crippen molar-refractivity contribution in [2.45, 2.75) is 52.0 Å². The first-order chi connectivity index (χ1) is 9.08. The molecule has 0 radical (unpaired) electrons. The van der Waals surface area contributed by atoms with E-state index in [0.717, 1.165) is 32.1 Å². The molecule has 0 bridgehead atoms. The third kappa shape index (κ3) is 5.11. The molecule has 0 aromatic heterocycles. The van der Waals surface area contributed by atoms with E-state index in [9.17, 15) is 9.90 Å². The van der Waals surface area contributed by atoms with E-state index < -0.39 is 0 Å². The summed E-state index contributed by atoms with van der Waals surface area (Å²) in [4.78, 5) is 12.2. The Kier molecular flexibility index (Phi) is 6.71. The lowest BCUT2D eigenvalue weighted by molar-refractivity contribution is 0.0932. The van der Waals surface area contributed by atoms with Crippen molar-refractivity contribution >= 4 is 17.5 Å². The number of amides is 1. The summed E-state index contributed by atoms with van der Waals surface area (Å²) < 4.78 is 0. The van der Waals surface area contributed by atoms with E-state index in [0.29, 0.717) is 10.6 Å². The standard InChI is InChI=1S/C15H22ClNO2/c1-3-5-7-11(6-4-2)17-15(19)13-10-12(18)8-9-14(13)16/h8-11,18H,3-7H2,1-2H3,(H,17,19). The van der Waals surface area contributed by atoms with Crippen molar-refractivity contribution in [3.8, 4) is 5.75 Å². The zero-order valence-electron chi connectivity index (χ0n) is 11.6. The Morgan fingerprint density at radius 3 is 2.68 bits per heavy atom. The molecule has 1 aromatic rings. The molecule has 4 heteroatoms. The smallest absolute Gasteiger partial charge is 0.253 e. The molecule has 0 saturated heterocycles. The van der Waals surface area contributed by atoms with E-state index in [2.05, 4.69) is 19.2 Å². The van der Waals surface area contributed by atoms with Crippen LogP contribution in [0.5, 0.6) is 5.75 Å². The molecule has 1 atom stereocenters. The van der Waals surface area contributed by atoms with Gasteiger partial charge < -0.3 is 10.4 Å². The van der Waals surface area contributed by atoms with Gasteiger partial charge in [0.15, 0.2) is 0 Å². The maximum Gasteiger partial charge on any atom is 0.253 e.